The van der Waals surface area contributed by atoms with Crippen LogP contribution >= 0.6 is 0 Å². The van der Waals surface area contributed by atoms with Gasteiger partial charge in [-0.3, -0.25) is 4.79 Å². The van der Waals surface area contributed by atoms with Gasteiger partial charge in [0.05, 0.1) is 12.1 Å². The quantitative estimate of drug-likeness (QED) is 0.502. The molecule has 1 fully saturated rings. The van der Waals surface area contributed by atoms with Crippen LogP contribution in [-0.2, 0) is 14.3 Å². The molecule has 8 nitrogen and oxygen atoms in total. The molecular weight excluding hydrogens is 254 g/mol. The van der Waals surface area contributed by atoms with E-state index in [-0.39, 0.29) is 12.8 Å². The minimum Gasteiger partial charge on any atom is -0.480 e. The number of carbonyl (C=O) groups excluding carboxylic acids is 2. The highest BCUT2D eigenvalue weighted by atomic mass is 16.5. The highest BCUT2D eigenvalue weighted by Crippen LogP contribution is 2.17. The van der Waals surface area contributed by atoms with Gasteiger partial charge in [0.2, 0.25) is 5.91 Å². The molecule has 0 aromatic rings. The van der Waals surface area contributed by atoms with E-state index < -0.39 is 29.5 Å². The Kier molecular flexibility index (Phi) is 5.11. The highest BCUT2D eigenvalue weighted by molar-refractivity contribution is 5.83. The normalized spacial score (nSPS) is 23.6. The van der Waals surface area contributed by atoms with Crippen LogP contribution in [0.2, 0.25) is 0 Å². The summed E-state index contributed by atoms with van der Waals surface area (Å²) in [6, 6.07) is -1.73. The SMILES string of the molecule is CC1(NC(=O)N[C@H](CCC(N)=O)C(=O)O)CCOC1. The Morgan fingerprint density at radius 2 is 2.16 bits per heavy atom. The number of nitrogens with one attached hydrogen (secondary N) is 2. The van der Waals surface area contributed by atoms with E-state index in [1.54, 1.807) is 0 Å². The van der Waals surface area contributed by atoms with Crippen molar-refractivity contribution in [1.82, 2.24) is 10.6 Å². The lowest BCUT2D eigenvalue weighted by atomic mass is 10.0. The Labute approximate surface area is 110 Å². The zero-order valence-corrected chi connectivity index (χ0v) is 10.8. The summed E-state index contributed by atoms with van der Waals surface area (Å²) in [6.07, 6.45) is 0.530. The van der Waals surface area contributed by atoms with E-state index in [0.29, 0.717) is 19.6 Å². The van der Waals surface area contributed by atoms with Gasteiger partial charge in [-0.1, -0.05) is 0 Å². The number of primary amides is 1. The van der Waals surface area contributed by atoms with Crippen molar-refractivity contribution >= 4 is 17.9 Å². The van der Waals surface area contributed by atoms with Gasteiger partial charge in [-0.25, -0.2) is 9.59 Å². The Morgan fingerprint density at radius 3 is 2.63 bits per heavy atom. The minimum absolute atomic E-state index is 0.0364. The summed E-state index contributed by atoms with van der Waals surface area (Å²) in [5.41, 5.74) is 4.46. The standard InChI is InChI=1S/C11H19N3O5/c1-11(4-5-19-6-11)14-10(18)13-7(9(16)17)2-3-8(12)15/h7H,2-6H2,1H3,(H2,12,15)(H,16,17)(H2,13,14,18)/t7-,11?/m1/s1. The summed E-state index contributed by atoms with van der Waals surface area (Å²) in [6.45, 7) is 2.76. The third kappa shape index (κ3) is 5.12. The molecular formula is C11H19N3O5. The van der Waals surface area contributed by atoms with E-state index in [0.717, 1.165) is 0 Å². The molecule has 0 radical (unpaired) electrons. The van der Waals surface area contributed by atoms with Gasteiger partial charge < -0.3 is 26.2 Å². The Bertz CT molecular complexity index is 365. The van der Waals surface area contributed by atoms with Crippen LogP contribution in [0.3, 0.4) is 0 Å². The number of ether oxygens (including phenoxy) is 1. The first-order valence-electron chi connectivity index (χ1n) is 6.00. The first-order chi connectivity index (χ1) is 8.82. The lowest BCUT2D eigenvalue weighted by Crippen LogP contribution is -2.54. The van der Waals surface area contributed by atoms with E-state index in [9.17, 15) is 14.4 Å². The smallest absolute Gasteiger partial charge is 0.326 e. The van der Waals surface area contributed by atoms with Crippen LogP contribution in [0.15, 0.2) is 0 Å². The second-order valence-electron chi connectivity index (χ2n) is 4.86. The molecule has 1 unspecified atom stereocenters. The van der Waals surface area contributed by atoms with Crippen molar-refractivity contribution < 1.29 is 24.2 Å². The van der Waals surface area contributed by atoms with E-state index in [4.69, 9.17) is 15.6 Å². The molecule has 0 aromatic heterocycles. The fraction of sp³-hybridized carbons (Fsp3) is 0.727. The fourth-order valence-electron chi connectivity index (χ4n) is 1.78. The molecule has 1 heterocycles. The van der Waals surface area contributed by atoms with Crippen LogP contribution < -0.4 is 16.4 Å². The summed E-state index contributed by atoms with van der Waals surface area (Å²) in [4.78, 5) is 33.3. The Hall–Kier alpha value is -1.83. The van der Waals surface area contributed by atoms with Gasteiger partial charge in [-0.2, -0.15) is 0 Å². The van der Waals surface area contributed by atoms with Crippen molar-refractivity contribution in [3.63, 3.8) is 0 Å². The van der Waals surface area contributed by atoms with E-state index >= 15 is 0 Å². The minimum atomic E-state index is -1.20. The van der Waals surface area contributed by atoms with Crippen molar-refractivity contribution in [1.29, 1.82) is 0 Å². The molecule has 8 heteroatoms. The number of nitrogens with two attached hydrogens (primary N) is 1. The van der Waals surface area contributed by atoms with E-state index in [1.807, 2.05) is 6.92 Å². The molecule has 0 spiro atoms. The molecule has 108 valence electrons. The van der Waals surface area contributed by atoms with Crippen LogP contribution in [0.5, 0.6) is 0 Å². The average molecular weight is 273 g/mol. The number of rotatable bonds is 6. The predicted molar refractivity (Wildman–Crippen MR) is 65.4 cm³/mol. The van der Waals surface area contributed by atoms with Crippen LogP contribution in [0.25, 0.3) is 0 Å². The van der Waals surface area contributed by atoms with Gasteiger partial charge in [0.15, 0.2) is 0 Å². The van der Waals surface area contributed by atoms with Crippen molar-refractivity contribution in [2.24, 2.45) is 5.73 Å². The Balaban J connectivity index is 2.46. The fourth-order valence-corrected chi connectivity index (χ4v) is 1.78. The molecule has 0 bridgehead atoms. The number of hydrogen-bond acceptors (Lipinski definition) is 4. The number of carbonyl (C=O) groups is 3. The molecule has 0 saturated carbocycles. The molecule has 0 aromatic carbocycles. The third-order valence-electron chi connectivity index (χ3n) is 2.92. The second-order valence-corrected chi connectivity index (χ2v) is 4.86. The third-order valence-corrected chi connectivity index (χ3v) is 2.92. The summed E-state index contributed by atoms with van der Waals surface area (Å²) in [5.74, 6) is -1.81. The first kappa shape index (κ1) is 15.2. The number of amides is 3. The van der Waals surface area contributed by atoms with Crippen LogP contribution in [0, 0.1) is 0 Å². The summed E-state index contributed by atoms with van der Waals surface area (Å²) < 4.78 is 5.17. The van der Waals surface area contributed by atoms with Gasteiger partial charge in [0, 0.05) is 13.0 Å². The molecule has 1 rings (SSSR count). The van der Waals surface area contributed by atoms with Crippen molar-refractivity contribution in [2.75, 3.05) is 13.2 Å². The van der Waals surface area contributed by atoms with Crippen molar-refractivity contribution in [3.05, 3.63) is 0 Å². The second kappa shape index (κ2) is 6.37. The highest BCUT2D eigenvalue weighted by Gasteiger charge is 2.32. The summed E-state index contributed by atoms with van der Waals surface area (Å²) in [7, 11) is 0. The molecule has 1 aliphatic rings. The molecule has 5 N–H and O–H groups in total. The lowest BCUT2D eigenvalue weighted by Gasteiger charge is -2.25. The maximum atomic E-state index is 11.7. The van der Waals surface area contributed by atoms with E-state index in [2.05, 4.69) is 10.6 Å². The maximum absolute atomic E-state index is 11.7. The number of aliphatic carboxylic acids is 1. The van der Waals surface area contributed by atoms with Gasteiger partial charge in [0.1, 0.15) is 6.04 Å². The summed E-state index contributed by atoms with van der Waals surface area (Å²) in [5, 5.41) is 13.9. The average Bonchev–Trinajstić information content (AvgIpc) is 2.70. The van der Waals surface area contributed by atoms with Gasteiger partial charge in [-0.15, -0.1) is 0 Å². The first-order valence-corrected chi connectivity index (χ1v) is 6.00. The maximum Gasteiger partial charge on any atom is 0.326 e. The Morgan fingerprint density at radius 1 is 1.47 bits per heavy atom. The topological polar surface area (TPSA) is 131 Å². The molecule has 0 aliphatic carbocycles. The summed E-state index contributed by atoms with van der Waals surface area (Å²) >= 11 is 0. The number of carboxylic acids is 1. The van der Waals surface area contributed by atoms with Crippen molar-refractivity contribution in [2.45, 2.75) is 37.8 Å². The number of carboxylic acid groups (broad SMARTS) is 1. The molecule has 2 atom stereocenters. The van der Waals surface area contributed by atoms with Crippen molar-refractivity contribution in [3.8, 4) is 0 Å². The number of urea groups is 1. The zero-order valence-electron chi connectivity index (χ0n) is 10.8. The van der Waals surface area contributed by atoms with E-state index in [1.165, 1.54) is 0 Å². The van der Waals surface area contributed by atoms with Gasteiger partial charge in [-0.05, 0) is 19.8 Å². The van der Waals surface area contributed by atoms with Gasteiger partial charge >= 0.3 is 12.0 Å². The molecule has 3 amide bonds. The van der Waals surface area contributed by atoms with Crippen LogP contribution in [0.1, 0.15) is 26.2 Å². The molecule has 19 heavy (non-hydrogen) atoms. The monoisotopic (exact) mass is 273 g/mol. The zero-order chi connectivity index (χ0) is 14.5. The number of hydrogen-bond donors (Lipinski definition) is 4. The van der Waals surface area contributed by atoms with Gasteiger partial charge in [0.25, 0.3) is 0 Å². The predicted octanol–water partition coefficient (Wildman–Crippen LogP) is -0.817. The van der Waals surface area contributed by atoms with Crippen LogP contribution in [0.4, 0.5) is 4.79 Å². The lowest BCUT2D eigenvalue weighted by molar-refractivity contribution is -0.139. The molecule has 1 aliphatic heterocycles. The largest absolute Gasteiger partial charge is 0.480 e. The molecule has 1 saturated heterocycles. The van der Waals surface area contributed by atoms with Crippen LogP contribution in [-0.4, -0.2) is 47.8 Å².